The highest BCUT2D eigenvalue weighted by atomic mass is 19.1. The zero-order valence-corrected chi connectivity index (χ0v) is 23.5. The Morgan fingerprint density at radius 2 is 2.05 bits per heavy atom. The molecule has 3 aliphatic heterocycles. The highest BCUT2D eigenvalue weighted by Gasteiger charge is 2.47. The van der Waals surface area contributed by atoms with E-state index in [4.69, 9.17) is 0 Å². The summed E-state index contributed by atoms with van der Waals surface area (Å²) in [5.74, 6) is 0.554. The molecule has 1 saturated carbocycles. The van der Waals surface area contributed by atoms with Gasteiger partial charge in [0.05, 0.1) is 23.5 Å². The second kappa shape index (κ2) is 10.5. The number of carbonyl (C=O) groups excluding carboxylic acids is 2. The molecule has 2 amide bonds. The average Bonchev–Trinajstić information content (AvgIpc) is 3.68. The Hall–Kier alpha value is -3.53. The predicted octanol–water partition coefficient (Wildman–Crippen LogP) is 3.35. The van der Waals surface area contributed by atoms with E-state index in [2.05, 4.69) is 26.8 Å². The normalized spacial score (nSPS) is 25.6. The average molecular weight is 548 g/mol. The number of likely N-dealkylation sites (tertiary alicyclic amines) is 1. The predicted molar refractivity (Wildman–Crippen MR) is 152 cm³/mol. The van der Waals surface area contributed by atoms with E-state index in [1.165, 1.54) is 24.0 Å². The summed E-state index contributed by atoms with van der Waals surface area (Å²) in [6.07, 6.45) is 6.14. The summed E-state index contributed by atoms with van der Waals surface area (Å²) in [4.78, 5) is 44.0. The van der Waals surface area contributed by atoms with Gasteiger partial charge in [-0.3, -0.25) is 9.59 Å². The molecule has 4 heterocycles. The molecule has 1 aromatic heterocycles. The molecule has 212 valence electrons. The summed E-state index contributed by atoms with van der Waals surface area (Å²) in [7, 11) is 0. The van der Waals surface area contributed by atoms with E-state index in [1.807, 2.05) is 30.6 Å². The van der Waals surface area contributed by atoms with Gasteiger partial charge in [-0.25, -0.2) is 14.4 Å². The van der Waals surface area contributed by atoms with Crippen LogP contribution in [0.4, 0.5) is 21.6 Å². The molecule has 2 bridgehead atoms. The first-order chi connectivity index (χ1) is 19.3. The fourth-order valence-electron chi connectivity index (χ4n) is 7.11. The molecular formula is C30H38FN7O2. The number of nitrogens with one attached hydrogen (secondary N) is 1. The Bertz CT molecular complexity index is 1330. The Morgan fingerprint density at radius 1 is 1.23 bits per heavy atom. The lowest BCUT2D eigenvalue weighted by molar-refractivity contribution is -0.133. The zero-order valence-electron chi connectivity index (χ0n) is 23.5. The van der Waals surface area contributed by atoms with Crippen LogP contribution in [0, 0.1) is 11.7 Å². The van der Waals surface area contributed by atoms with E-state index in [1.54, 1.807) is 17.2 Å². The Labute approximate surface area is 235 Å². The summed E-state index contributed by atoms with van der Waals surface area (Å²) >= 11 is 0. The van der Waals surface area contributed by atoms with Gasteiger partial charge in [0.15, 0.2) is 5.82 Å². The van der Waals surface area contributed by atoms with Gasteiger partial charge in [-0.15, -0.1) is 0 Å². The molecule has 0 spiro atoms. The molecule has 9 nitrogen and oxygen atoms in total. The van der Waals surface area contributed by atoms with E-state index in [-0.39, 0.29) is 35.9 Å². The fourth-order valence-corrected chi connectivity index (χ4v) is 7.11. The Morgan fingerprint density at radius 3 is 2.77 bits per heavy atom. The number of aromatic nitrogens is 2. The van der Waals surface area contributed by atoms with Crippen molar-refractivity contribution < 1.29 is 14.0 Å². The molecule has 1 aliphatic carbocycles. The lowest BCUT2D eigenvalue weighted by Gasteiger charge is -2.41. The van der Waals surface area contributed by atoms with E-state index < -0.39 is 5.82 Å². The number of fused-ring (bicyclic) bond motifs is 3. The minimum absolute atomic E-state index is 0.0122. The number of rotatable bonds is 6. The molecule has 2 aromatic rings. The van der Waals surface area contributed by atoms with Gasteiger partial charge in [-0.2, -0.15) is 0 Å². The number of hydrogen-bond donors (Lipinski definition) is 1. The molecule has 2 unspecified atom stereocenters. The summed E-state index contributed by atoms with van der Waals surface area (Å²) < 4.78 is 14.4. The minimum atomic E-state index is -0.445. The highest BCUT2D eigenvalue weighted by molar-refractivity contribution is 6.01. The molecule has 10 heteroatoms. The number of anilines is 3. The van der Waals surface area contributed by atoms with Crippen LogP contribution in [-0.4, -0.2) is 88.5 Å². The van der Waals surface area contributed by atoms with Crippen LogP contribution in [0.25, 0.3) is 0 Å². The smallest absolute Gasteiger partial charge is 0.256 e. The molecule has 40 heavy (non-hydrogen) atoms. The van der Waals surface area contributed by atoms with Crippen molar-refractivity contribution in [3.8, 4) is 0 Å². The van der Waals surface area contributed by atoms with Gasteiger partial charge in [0.25, 0.3) is 5.91 Å². The number of piperidine rings is 1. The number of carbonyl (C=O) groups is 2. The molecule has 0 radical (unpaired) electrons. The van der Waals surface area contributed by atoms with Crippen molar-refractivity contribution >= 4 is 29.0 Å². The van der Waals surface area contributed by atoms with Crippen LogP contribution in [0.3, 0.4) is 0 Å². The molecule has 4 aliphatic rings. The number of nitrogens with zero attached hydrogens (tertiary/aromatic N) is 6. The molecule has 3 fully saturated rings. The number of hydrogen-bond acceptors (Lipinski definition) is 7. The topological polar surface area (TPSA) is 84.9 Å². The first-order valence-electron chi connectivity index (χ1n) is 14.4. The molecule has 2 saturated heterocycles. The maximum absolute atomic E-state index is 14.4. The van der Waals surface area contributed by atoms with Crippen LogP contribution in [0.5, 0.6) is 0 Å². The highest BCUT2D eigenvalue weighted by Crippen LogP contribution is 2.41. The molecule has 6 rings (SSSR count). The van der Waals surface area contributed by atoms with Gasteiger partial charge in [0, 0.05) is 56.8 Å². The van der Waals surface area contributed by atoms with Crippen LogP contribution in [0.1, 0.15) is 50.4 Å². The third-order valence-electron chi connectivity index (χ3n) is 9.08. The van der Waals surface area contributed by atoms with Crippen LogP contribution >= 0.6 is 0 Å². The van der Waals surface area contributed by atoms with E-state index in [0.29, 0.717) is 50.0 Å². The fraction of sp³-hybridized carbons (Fsp3) is 0.533. The van der Waals surface area contributed by atoms with Gasteiger partial charge < -0.3 is 24.9 Å². The van der Waals surface area contributed by atoms with Crippen molar-refractivity contribution in [3.63, 3.8) is 0 Å². The van der Waals surface area contributed by atoms with E-state index in [9.17, 15) is 14.0 Å². The van der Waals surface area contributed by atoms with E-state index >= 15 is 0 Å². The third kappa shape index (κ3) is 4.52. The Kier molecular flexibility index (Phi) is 6.98. The number of halogens is 1. The van der Waals surface area contributed by atoms with Gasteiger partial charge in [0.1, 0.15) is 17.8 Å². The van der Waals surface area contributed by atoms with E-state index in [0.717, 1.165) is 30.8 Å². The summed E-state index contributed by atoms with van der Waals surface area (Å²) in [5, 5.41) is 3.52. The summed E-state index contributed by atoms with van der Waals surface area (Å²) in [5.41, 5.74) is 2.95. The number of amides is 2. The van der Waals surface area contributed by atoms with Crippen molar-refractivity contribution in [2.45, 2.75) is 64.2 Å². The van der Waals surface area contributed by atoms with Gasteiger partial charge in [-0.1, -0.05) is 12.2 Å². The van der Waals surface area contributed by atoms with Gasteiger partial charge in [0.2, 0.25) is 5.91 Å². The zero-order chi connectivity index (χ0) is 28.1. The third-order valence-corrected chi connectivity index (χ3v) is 9.08. The molecule has 1 aromatic carbocycles. The summed E-state index contributed by atoms with van der Waals surface area (Å²) in [6, 6.07) is 4.75. The second-order valence-corrected chi connectivity index (χ2v) is 11.7. The lowest BCUT2D eigenvalue weighted by Crippen LogP contribution is -2.51. The maximum atomic E-state index is 14.4. The quantitative estimate of drug-likeness (QED) is 0.556. The molecular weight excluding hydrogens is 509 g/mol. The first kappa shape index (κ1) is 26.7. The monoisotopic (exact) mass is 547 g/mol. The first-order valence-corrected chi connectivity index (χ1v) is 14.4. The van der Waals surface area contributed by atoms with Crippen molar-refractivity contribution in [1.29, 1.82) is 0 Å². The van der Waals surface area contributed by atoms with Crippen LogP contribution in [-0.2, 0) is 4.79 Å². The van der Waals surface area contributed by atoms with Crippen LogP contribution < -0.4 is 15.1 Å². The Balaban J connectivity index is 1.24. The SMILES string of the molecule is C=C1CC2C[C@H]1[C@@H](C(=O)N1CCC(N3CCN(c4ccc(F)cc4C(=O)N(CC)C(C)C)c4cncnc43)C1)N2. The minimum Gasteiger partial charge on any atom is -0.348 e. The molecule has 1 N–H and O–H groups in total. The van der Waals surface area contributed by atoms with Crippen molar-refractivity contribution in [2.75, 3.05) is 42.5 Å². The summed E-state index contributed by atoms with van der Waals surface area (Å²) in [6.45, 7) is 13.2. The maximum Gasteiger partial charge on any atom is 0.256 e. The van der Waals surface area contributed by atoms with Crippen molar-refractivity contribution in [1.82, 2.24) is 25.1 Å². The van der Waals surface area contributed by atoms with Gasteiger partial charge >= 0.3 is 0 Å². The van der Waals surface area contributed by atoms with Crippen molar-refractivity contribution in [3.05, 3.63) is 54.3 Å². The molecule has 4 atom stereocenters. The standard InChI is InChI=1S/C30H38FN7O2/c1-5-36(18(2)3)29(39)24-13-20(31)6-7-25(24)38-11-10-37(28-26(38)15-32-17-33-28)22-8-9-35(16-22)30(40)27-23-14-21(34-27)12-19(23)4/h6-7,13,15,17-18,21-23,27,34H,4-5,8-12,14,16H2,1-3H3/t21?,22?,23-,27+/m1/s1. The largest absolute Gasteiger partial charge is 0.348 e. The number of benzene rings is 1. The second-order valence-electron chi connectivity index (χ2n) is 11.7. The van der Waals surface area contributed by atoms with Crippen molar-refractivity contribution in [2.24, 2.45) is 5.92 Å². The van der Waals surface area contributed by atoms with Crippen LogP contribution in [0.2, 0.25) is 0 Å². The van der Waals surface area contributed by atoms with Gasteiger partial charge in [-0.05, 0) is 58.2 Å². The lowest BCUT2D eigenvalue weighted by atomic mass is 9.95. The van der Waals surface area contributed by atoms with Crippen LogP contribution in [0.15, 0.2) is 42.9 Å².